The molecule has 98 valence electrons. The smallest absolute Gasteiger partial charge is 0.226 e. The molecule has 0 aromatic carbocycles. The Labute approximate surface area is 108 Å². The predicted octanol–water partition coefficient (Wildman–Crippen LogP) is 1.85. The number of hydrogen-bond donors (Lipinski definition) is 0. The number of likely N-dealkylation sites (tertiary alicyclic amines) is 1. The maximum Gasteiger partial charge on any atom is 0.226 e. The van der Waals surface area contributed by atoms with E-state index >= 15 is 0 Å². The molecular weight excluding hydrogens is 226 g/mol. The van der Waals surface area contributed by atoms with Gasteiger partial charge < -0.3 is 9.47 Å². The lowest BCUT2D eigenvalue weighted by Gasteiger charge is -2.28. The summed E-state index contributed by atoms with van der Waals surface area (Å²) in [5.74, 6) is 1.61. The molecule has 3 rings (SSSR count). The highest BCUT2D eigenvalue weighted by molar-refractivity contribution is 5.79. The van der Waals surface area contributed by atoms with Crippen molar-refractivity contribution in [3.05, 3.63) is 18.2 Å². The van der Waals surface area contributed by atoms with Crippen LogP contribution in [0.4, 0.5) is 0 Å². The van der Waals surface area contributed by atoms with Gasteiger partial charge in [-0.25, -0.2) is 4.98 Å². The highest BCUT2D eigenvalue weighted by atomic mass is 16.2. The van der Waals surface area contributed by atoms with Crippen molar-refractivity contribution in [2.24, 2.45) is 5.92 Å². The lowest BCUT2D eigenvalue weighted by atomic mass is 9.96. The van der Waals surface area contributed by atoms with Crippen LogP contribution in [-0.2, 0) is 17.8 Å². The van der Waals surface area contributed by atoms with E-state index in [4.69, 9.17) is 0 Å². The molecule has 1 aromatic heterocycles. The van der Waals surface area contributed by atoms with Crippen molar-refractivity contribution in [1.29, 1.82) is 0 Å². The van der Waals surface area contributed by atoms with Crippen LogP contribution in [0.15, 0.2) is 12.4 Å². The number of aromatic nitrogens is 2. The standard InChI is InChI=1S/C14H21N3O/c18-14(17-7-3-1-2-4-8-17)12-5-9-16-10-6-15-13(16)11-12/h6,10,12H,1-5,7-9,11H2. The zero-order valence-corrected chi connectivity index (χ0v) is 10.8. The van der Waals surface area contributed by atoms with Crippen LogP contribution in [0.2, 0.25) is 0 Å². The van der Waals surface area contributed by atoms with Crippen LogP contribution in [-0.4, -0.2) is 33.4 Å². The van der Waals surface area contributed by atoms with Gasteiger partial charge in [0.1, 0.15) is 5.82 Å². The lowest BCUT2D eigenvalue weighted by molar-refractivity contribution is -0.136. The molecule has 0 saturated carbocycles. The molecule has 1 amide bonds. The summed E-state index contributed by atoms with van der Waals surface area (Å²) in [7, 11) is 0. The summed E-state index contributed by atoms with van der Waals surface area (Å²) in [5.41, 5.74) is 0. The molecule has 2 aliphatic heterocycles. The molecule has 0 spiro atoms. The third kappa shape index (κ3) is 2.28. The fourth-order valence-corrected chi connectivity index (χ4v) is 3.11. The molecule has 18 heavy (non-hydrogen) atoms. The Kier molecular flexibility index (Phi) is 3.35. The summed E-state index contributed by atoms with van der Waals surface area (Å²) < 4.78 is 2.17. The highest BCUT2D eigenvalue weighted by Crippen LogP contribution is 2.22. The number of nitrogens with zero attached hydrogens (tertiary/aromatic N) is 3. The Hall–Kier alpha value is -1.32. The first-order chi connectivity index (χ1) is 8.84. The van der Waals surface area contributed by atoms with Crippen molar-refractivity contribution in [3.8, 4) is 0 Å². The number of imidazole rings is 1. The van der Waals surface area contributed by atoms with Gasteiger partial charge in [-0.2, -0.15) is 0 Å². The average molecular weight is 247 g/mol. The first-order valence-electron chi connectivity index (χ1n) is 7.13. The SMILES string of the molecule is O=C(C1CCn2ccnc2C1)N1CCCCCC1. The third-order valence-electron chi connectivity index (χ3n) is 4.22. The van der Waals surface area contributed by atoms with Gasteiger partial charge >= 0.3 is 0 Å². The molecule has 4 heteroatoms. The minimum absolute atomic E-state index is 0.165. The van der Waals surface area contributed by atoms with E-state index in [-0.39, 0.29) is 5.92 Å². The minimum Gasteiger partial charge on any atom is -0.342 e. The van der Waals surface area contributed by atoms with Crippen molar-refractivity contribution in [3.63, 3.8) is 0 Å². The lowest BCUT2D eigenvalue weighted by Crippen LogP contribution is -2.39. The zero-order valence-electron chi connectivity index (χ0n) is 10.8. The van der Waals surface area contributed by atoms with Crippen molar-refractivity contribution in [2.45, 2.75) is 45.1 Å². The molecule has 1 saturated heterocycles. The number of carbonyl (C=O) groups excluding carboxylic acids is 1. The Bertz CT molecular complexity index is 418. The van der Waals surface area contributed by atoms with Crippen LogP contribution in [0.25, 0.3) is 0 Å². The fourth-order valence-electron chi connectivity index (χ4n) is 3.11. The highest BCUT2D eigenvalue weighted by Gasteiger charge is 2.29. The molecule has 0 bridgehead atoms. The molecular formula is C14H21N3O. The van der Waals surface area contributed by atoms with Crippen LogP contribution in [0.1, 0.15) is 37.9 Å². The number of amides is 1. The molecule has 1 aromatic rings. The summed E-state index contributed by atoms with van der Waals surface area (Å²) >= 11 is 0. The molecule has 1 unspecified atom stereocenters. The van der Waals surface area contributed by atoms with E-state index in [1.54, 1.807) is 0 Å². The number of fused-ring (bicyclic) bond motifs is 1. The molecule has 4 nitrogen and oxygen atoms in total. The van der Waals surface area contributed by atoms with Gasteiger partial charge in [-0.15, -0.1) is 0 Å². The van der Waals surface area contributed by atoms with E-state index < -0.39 is 0 Å². The van der Waals surface area contributed by atoms with Crippen molar-refractivity contribution in [1.82, 2.24) is 14.5 Å². The fraction of sp³-hybridized carbons (Fsp3) is 0.714. The third-order valence-corrected chi connectivity index (χ3v) is 4.22. The van der Waals surface area contributed by atoms with Gasteiger partial charge in [0.15, 0.2) is 0 Å². The van der Waals surface area contributed by atoms with Crippen LogP contribution in [0.5, 0.6) is 0 Å². The maximum atomic E-state index is 12.5. The Morgan fingerprint density at radius 3 is 2.72 bits per heavy atom. The number of rotatable bonds is 1. The second-order valence-electron chi connectivity index (χ2n) is 5.47. The van der Waals surface area contributed by atoms with Gasteiger partial charge in [0.2, 0.25) is 5.91 Å². The zero-order chi connectivity index (χ0) is 12.4. The molecule has 1 atom stereocenters. The predicted molar refractivity (Wildman–Crippen MR) is 69.1 cm³/mol. The van der Waals surface area contributed by atoms with Crippen LogP contribution < -0.4 is 0 Å². The molecule has 0 N–H and O–H groups in total. The second kappa shape index (κ2) is 5.12. The van der Waals surface area contributed by atoms with E-state index in [1.165, 1.54) is 25.7 Å². The van der Waals surface area contributed by atoms with Crippen LogP contribution in [0.3, 0.4) is 0 Å². The monoisotopic (exact) mass is 247 g/mol. The first-order valence-corrected chi connectivity index (χ1v) is 7.13. The molecule has 2 aliphatic rings. The number of carbonyl (C=O) groups is 1. The van der Waals surface area contributed by atoms with E-state index in [0.717, 1.165) is 38.3 Å². The van der Waals surface area contributed by atoms with E-state index in [2.05, 4.69) is 14.5 Å². The van der Waals surface area contributed by atoms with Crippen LogP contribution >= 0.6 is 0 Å². The average Bonchev–Trinajstić information content (AvgIpc) is 2.69. The summed E-state index contributed by atoms with van der Waals surface area (Å²) in [5, 5.41) is 0. The van der Waals surface area contributed by atoms with Gasteiger partial charge in [-0.05, 0) is 19.3 Å². The van der Waals surface area contributed by atoms with Crippen molar-refractivity contribution in [2.75, 3.05) is 13.1 Å². The number of hydrogen-bond acceptors (Lipinski definition) is 2. The van der Waals surface area contributed by atoms with Gasteiger partial charge in [0.05, 0.1) is 0 Å². The van der Waals surface area contributed by atoms with E-state index in [9.17, 15) is 4.79 Å². The Morgan fingerprint density at radius 2 is 1.94 bits per heavy atom. The molecule has 1 fully saturated rings. The van der Waals surface area contributed by atoms with Gasteiger partial charge in [-0.3, -0.25) is 4.79 Å². The van der Waals surface area contributed by atoms with Crippen molar-refractivity contribution >= 4 is 5.91 Å². The van der Waals surface area contributed by atoms with Gasteiger partial charge in [-0.1, -0.05) is 12.8 Å². The summed E-state index contributed by atoms with van der Waals surface area (Å²) in [4.78, 5) is 19.0. The molecule has 0 aliphatic carbocycles. The van der Waals surface area contributed by atoms with Gasteiger partial charge in [0.25, 0.3) is 0 Å². The second-order valence-corrected chi connectivity index (χ2v) is 5.47. The maximum absolute atomic E-state index is 12.5. The van der Waals surface area contributed by atoms with Crippen LogP contribution in [0, 0.1) is 5.92 Å². The Morgan fingerprint density at radius 1 is 1.17 bits per heavy atom. The topological polar surface area (TPSA) is 38.1 Å². The van der Waals surface area contributed by atoms with E-state index in [1.807, 2.05) is 12.4 Å². The first kappa shape index (κ1) is 11.8. The summed E-state index contributed by atoms with van der Waals surface area (Å²) in [6, 6.07) is 0. The molecule has 0 radical (unpaired) electrons. The Balaban J connectivity index is 1.66. The normalized spacial score (nSPS) is 24.4. The van der Waals surface area contributed by atoms with Gasteiger partial charge in [0, 0.05) is 44.4 Å². The molecule has 3 heterocycles. The quantitative estimate of drug-likeness (QED) is 0.759. The van der Waals surface area contributed by atoms with Crippen molar-refractivity contribution < 1.29 is 4.79 Å². The summed E-state index contributed by atoms with van der Waals surface area (Å²) in [6.07, 6.45) is 10.6. The number of aryl methyl sites for hydroxylation is 1. The summed E-state index contributed by atoms with van der Waals surface area (Å²) in [6.45, 7) is 2.87. The largest absolute Gasteiger partial charge is 0.342 e. The van der Waals surface area contributed by atoms with E-state index in [0.29, 0.717) is 5.91 Å². The minimum atomic E-state index is 0.165.